The Morgan fingerprint density at radius 2 is 1.67 bits per heavy atom. The van der Waals surface area contributed by atoms with Gasteiger partial charge in [0.15, 0.2) is 0 Å². The van der Waals surface area contributed by atoms with Gasteiger partial charge in [0.1, 0.15) is 0 Å². The molecule has 3 nitrogen and oxygen atoms in total. The number of amides is 1. The molecular weight excluding hydrogens is 260 g/mol. The molecule has 114 valence electrons. The van der Waals surface area contributed by atoms with Crippen LogP contribution < -0.4 is 0 Å². The molecule has 1 aliphatic carbocycles. The molecule has 0 bridgehead atoms. The Labute approximate surface area is 127 Å². The standard InChI is InChI=1S/C18H26N2O/c1-13-4-5-15(12-14(13)2)18(21)20(16-6-7-16)17-8-10-19(3)11-9-17/h4-5,12,16-17H,6-11H2,1-3H3. The van der Waals surface area contributed by atoms with E-state index in [1.54, 1.807) is 0 Å². The number of piperidine rings is 1. The third-order valence-electron chi connectivity index (χ3n) is 5.01. The lowest BCUT2D eigenvalue weighted by atomic mass is 10.0. The Morgan fingerprint density at radius 1 is 1.05 bits per heavy atom. The van der Waals surface area contributed by atoms with Gasteiger partial charge < -0.3 is 9.80 Å². The zero-order valence-electron chi connectivity index (χ0n) is 13.4. The van der Waals surface area contributed by atoms with Crippen molar-refractivity contribution in [1.82, 2.24) is 9.80 Å². The van der Waals surface area contributed by atoms with E-state index >= 15 is 0 Å². The number of nitrogens with zero attached hydrogens (tertiary/aromatic N) is 2. The highest BCUT2D eigenvalue weighted by Gasteiger charge is 2.38. The summed E-state index contributed by atoms with van der Waals surface area (Å²) >= 11 is 0. The minimum absolute atomic E-state index is 0.246. The maximum absolute atomic E-state index is 13.0. The number of carbonyl (C=O) groups excluding carboxylic acids is 1. The van der Waals surface area contributed by atoms with Crippen LogP contribution in [0.2, 0.25) is 0 Å². The van der Waals surface area contributed by atoms with Gasteiger partial charge in [0.25, 0.3) is 5.91 Å². The molecule has 3 rings (SSSR count). The van der Waals surface area contributed by atoms with Crippen LogP contribution in [-0.2, 0) is 0 Å². The van der Waals surface area contributed by atoms with Crippen LogP contribution >= 0.6 is 0 Å². The van der Waals surface area contributed by atoms with E-state index in [0.29, 0.717) is 12.1 Å². The van der Waals surface area contributed by atoms with Gasteiger partial charge in [-0.1, -0.05) is 6.07 Å². The molecule has 0 N–H and O–H groups in total. The first-order valence-corrected chi connectivity index (χ1v) is 8.14. The van der Waals surface area contributed by atoms with Gasteiger partial charge in [-0.25, -0.2) is 0 Å². The summed E-state index contributed by atoms with van der Waals surface area (Å²) in [7, 11) is 2.17. The minimum atomic E-state index is 0.246. The lowest BCUT2D eigenvalue weighted by molar-refractivity contribution is 0.0569. The van der Waals surface area contributed by atoms with Crippen molar-refractivity contribution in [2.75, 3.05) is 20.1 Å². The van der Waals surface area contributed by atoms with Crippen molar-refractivity contribution in [2.24, 2.45) is 0 Å². The summed E-state index contributed by atoms with van der Waals surface area (Å²) in [5.74, 6) is 0.246. The van der Waals surface area contributed by atoms with Gasteiger partial charge in [0.05, 0.1) is 0 Å². The van der Waals surface area contributed by atoms with E-state index in [1.165, 1.54) is 24.0 Å². The summed E-state index contributed by atoms with van der Waals surface area (Å²) < 4.78 is 0. The van der Waals surface area contributed by atoms with Gasteiger partial charge >= 0.3 is 0 Å². The highest BCUT2D eigenvalue weighted by atomic mass is 16.2. The predicted octanol–water partition coefficient (Wildman–Crippen LogP) is 3.00. The molecule has 0 spiro atoms. The van der Waals surface area contributed by atoms with Crippen LogP contribution in [0.5, 0.6) is 0 Å². The fourth-order valence-corrected chi connectivity index (χ4v) is 3.28. The van der Waals surface area contributed by atoms with E-state index in [2.05, 4.69) is 42.8 Å². The number of aryl methyl sites for hydroxylation is 2. The summed E-state index contributed by atoms with van der Waals surface area (Å²) in [5.41, 5.74) is 3.33. The largest absolute Gasteiger partial charge is 0.333 e. The fraction of sp³-hybridized carbons (Fsp3) is 0.611. The highest BCUT2D eigenvalue weighted by molar-refractivity contribution is 5.95. The molecule has 1 aromatic rings. The van der Waals surface area contributed by atoms with Gasteiger partial charge in [0.2, 0.25) is 0 Å². The highest BCUT2D eigenvalue weighted by Crippen LogP contribution is 2.33. The van der Waals surface area contributed by atoms with Gasteiger partial charge in [-0.2, -0.15) is 0 Å². The third kappa shape index (κ3) is 3.13. The van der Waals surface area contributed by atoms with Crippen molar-refractivity contribution in [3.05, 3.63) is 34.9 Å². The lowest BCUT2D eigenvalue weighted by Crippen LogP contribution is -2.47. The molecule has 2 fully saturated rings. The maximum Gasteiger partial charge on any atom is 0.254 e. The fourth-order valence-electron chi connectivity index (χ4n) is 3.28. The van der Waals surface area contributed by atoms with Crippen molar-refractivity contribution in [1.29, 1.82) is 0 Å². The molecule has 0 atom stereocenters. The van der Waals surface area contributed by atoms with Crippen LogP contribution in [-0.4, -0.2) is 47.9 Å². The number of likely N-dealkylation sites (tertiary alicyclic amines) is 1. The molecule has 1 saturated carbocycles. The molecule has 1 aromatic carbocycles. The molecule has 21 heavy (non-hydrogen) atoms. The van der Waals surface area contributed by atoms with Crippen molar-refractivity contribution in [2.45, 2.75) is 51.6 Å². The summed E-state index contributed by atoms with van der Waals surface area (Å²) in [4.78, 5) is 17.6. The molecule has 2 aliphatic rings. The molecule has 1 saturated heterocycles. The Balaban J connectivity index is 1.80. The second kappa shape index (κ2) is 5.80. The van der Waals surface area contributed by atoms with E-state index in [-0.39, 0.29) is 5.91 Å². The van der Waals surface area contributed by atoms with Crippen LogP contribution in [0.15, 0.2) is 18.2 Å². The van der Waals surface area contributed by atoms with Gasteiger partial charge in [-0.15, -0.1) is 0 Å². The van der Waals surface area contributed by atoms with E-state index in [9.17, 15) is 4.79 Å². The summed E-state index contributed by atoms with van der Waals surface area (Å²) in [5, 5.41) is 0. The quantitative estimate of drug-likeness (QED) is 0.853. The molecule has 1 heterocycles. The number of rotatable bonds is 3. The third-order valence-corrected chi connectivity index (χ3v) is 5.01. The molecule has 0 unspecified atom stereocenters. The average Bonchev–Trinajstić information content (AvgIpc) is 3.29. The maximum atomic E-state index is 13.0. The summed E-state index contributed by atoms with van der Waals surface area (Å²) in [6.07, 6.45) is 4.60. The van der Waals surface area contributed by atoms with E-state index < -0.39 is 0 Å². The monoisotopic (exact) mass is 286 g/mol. The van der Waals surface area contributed by atoms with Gasteiger partial charge in [-0.3, -0.25) is 4.79 Å². The van der Waals surface area contributed by atoms with Crippen molar-refractivity contribution < 1.29 is 4.79 Å². The minimum Gasteiger partial charge on any atom is -0.333 e. The molecule has 1 amide bonds. The number of hydrogen-bond donors (Lipinski definition) is 0. The SMILES string of the molecule is Cc1ccc(C(=O)N(C2CC2)C2CCN(C)CC2)cc1C. The zero-order chi connectivity index (χ0) is 15.0. The predicted molar refractivity (Wildman–Crippen MR) is 85.6 cm³/mol. The van der Waals surface area contributed by atoms with Gasteiger partial charge in [0, 0.05) is 17.6 Å². The molecule has 3 heteroatoms. The zero-order valence-corrected chi connectivity index (χ0v) is 13.4. The van der Waals surface area contributed by atoms with Crippen LogP contribution in [0.25, 0.3) is 0 Å². The first-order chi connectivity index (χ1) is 10.1. The van der Waals surface area contributed by atoms with Crippen LogP contribution in [0.1, 0.15) is 47.2 Å². The average molecular weight is 286 g/mol. The summed E-state index contributed by atoms with van der Waals surface area (Å²) in [6, 6.07) is 7.05. The first-order valence-electron chi connectivity index (χ1n) is 8.14. The smallest absolute Gasteiger partial charge is 0.254 e. The number of benzene rings is 1. The van der Waals surface area contributed by atoms with Crippen LogP contribution in [0.3, 0.4) is 0 Å². The van der Waals surface area contributed by atoms with E-state index in [4.69, 9.17) is 0 Å². The molecular formula is C18H26N2O. The second-order valence-electron chi connectivity index (χ2n) is 6.78. The number of hydrogen-bond acceptors (Lipinski definition) is 2. The van der Waals surface area contributed by atoms with Crippen molar-refractivity contribution in [3.8, 4) is 0 Å². The molecule has 0 aromatic heterocycles. The molecule has 1 aliphatic heterocycles. The Hall–Kier alpha value is -1.35. The normalized spacial score (nSPS) is 20.5. The van der Waals surface area contributed by atoms with Gasteiger partial charge in [-0.05, 0) is 82.9 Å². The first kappa shape index (κ1) is 14.6. The Kier molecular flexibility index (Phi) is 4.03. The lowest BCUT2D eigenvalue weighted by Gasteiger charge is -2.37. The Bertz CT molecular complexity index is 528. The van der Waals surface area contributed by atoms with Crippen molar-refractivity contribution >= 4 is 5.91 Å². The van der Waals surface area contributed by atoms with Crippen molar-refractivity contribution in [3.63, 3.8) is 0 Å². The summed E-state index contributed by atoms with van der Waals surface area (Å²) in [6.45, 7) is 6.39. The van der Waals surface area contributed by atoms with E-state index in [1.807, 2.05) is 6.07 Å². The van der Waals surface area contributed by atoms with Crippen LogP contribution in [0, 0.1) is 13.8 Å². The van der Waals surface area contributed by atoms with E-state index in [0.717, 1.165) is 31.5 Å². The Morgan fingerprint density at radius 3 is 2.24 bits per heavy atom. The second-order valence-corrected chi connectivity index (χ2v) is 6.78. The number of carbonyl (C=O) groups is 1. The topological polar surface area (TPSA) is 23.6 Å². The van der Waals surface area contributed by atoms with Crippen LogP contribution in [0.4, 0.5) is 0 Å². The molecule has 0 radical (unpaired) electrons.